The van der Waals surface area contributed by atoms with Crippen molar-refractivity contribution in [1.82, 2.24) is 14.3 Å². The molecule has 136 valence electrons. The Hall–Kier alpha value is -1.56. The van der Waals surface area contributed by atoms with Crippen molar-refractivity contribution in [2.75, 3.05) is 18.4 Å². The van der Waals surface area contributed by atoms with Gasteiger partial charge >= 0.3 is 0 Å². The first-order valence-corrected chi connectivity index (χ1v) is 10.6. The first-order chi connectivity index (χ1) is 12.3. The van der Waals surface area contributed by atoms with E-state index in [1.54, 1.807) is 11.3 Å². The standard InChI is InChI=1S/C19H28N4OS/c1-2-9-20-19-21-17(18-23(19)11-12-25-18)15-8-5-10-22(15)16(24)13-14-6-3-4-7-14/h11-12,14-15H,2-10,13H2,1H3,(H,20,21)/t15-/m1/s1. The van der Waals surface area contributed by atoms with E-state index in [9.17, 15) is 4.79 Å². The van der Waals surface area contributed by atoms with Gasteiger partial charge in [0.05, 0.1) is 6.04 Å². The molecule has 1 amide bonds. The fourth-order valence-electron chi connectivity index (χ4n) is 4.35. The van der Waals surface area contributed by atoms with Crippen LogP contribution in [0.4, 0.5) is 5.95 Å². The summed E-state index contributed by atoms with van der Waals surface area (Å²) in [5.74, 6) is 1.87. The number of carbonyl (C=O) groups excluding carboxylic acids is 1. The number of nitrogens with one attached hydrogen (secondary N) is 1. The number of imidazole rings is 1. The number of hydrogen-bond acceptors (Lipinski definition) is 4. The van der Waals surface area contributed by atoms with Crippen molar-refractivity contribution in [3.63, 3.8) is 0 Å². The van der Waals surface area contributed by atoms with E-state index in [2.05, 4.69) is 33.1 Å². The van der Waals surface area contributed by atoms with Crippen LogP contribution >= 0.6 is 11.3 Å². The second-order valence-electron chi connectivity index (χ2n) is 7.43. The van der Waals surface area contributed by atoms with Crippen molar-refractivity contribution in [2.45, 2.75) is 64.3 Å². The Morgan fingerprint density at radius 1 is 1.32 bits per heavy atom. The van der Waals surface area contributed by atoms with Crippen molar-refractivity contribution in [3.05, 3.63) is 17.3 Å². The number of hydrogen-bond donors (Lipinski definition) is 1. The molecule has 1 saturated heterocycles. The maximum atomic E-state index is 12.9. The molecule has 0 bridgehead atoms. The Kier molecular flexibility index (Phi) is 4.97. The van der Waals surface area contributed by atoms with Gasteiger partial charge in [-0.05, 0) is 38.0 Å². The van der Waals surface area contributed by atoms with E-state index in [0.717, 1.165) is 50.4 Å². The molecule has 1 aliphatic heterocycles. The van der Waals surface area contributed by atoms with Gasteiger partial charge in [0.2, 0.25) is 11.9 Å². The van der Waals surface area contributed by atoms with Gasteiger partial charge < -0.3 is 10.2 Å². The molecule has 1 saturated carbocycles. The summed E-state index contributed by atoms with van der Waals surface area (Å²) in [6.07, 6.45) is 11.1. The Morgan fingerprint density at radius 3 is 2.96 bits per heavy atom. The predicted octanol–water partition coefficient (Wildman–Crippen LogP) is 4.46. The maximum absolute atomic E-state index is 12.9. The van der Waals surface area contributed by atoms with Crippen molar-refractivity contribution in [1.29, 1.82) is 0 Å². The number of carbonyl (C=O) groups is 1. The van der Waals surface area contributed by atoms with Crippen LogP contribution in [0.2, 0.25) is 0 Å². The van der Waals surface area contributed by atoms with Gasteiger partial charge in [-0.15, -0.1) is 11.3 Å². The van der Waals surface area contributed by atoms with E-state index in [1.807, 2.05) is 0 Å². The van der Waals surface area contributed by atoms with Crippen LogP contribution in [0.15, 0.2) is 11.6 Å². The van der Waals surface area contributed by atoms with E-state index in [0.29, 0.717) is 11.8 Å². The fourth-order valence-corrected chi connectivity index (χ4v) is 5.23. The zero-order chi connectivity index (χ0) is 17.2. The number of fused-ring (bicyclic) bond motifs is 1. The molecule has 0 unspecified atom stereocenters. The van der Waals surface area contributed by atoms with Crippen LogP contribution in [-0.2, 0) is 4.79 Å². The highest BCUT2D eigenvalue weighted by Crippen LogP contribution is 2.38. The number of nitrogens with zero attached hydrogens (tertiary/aromatic N) is 3. The Bertz CT molecular complexity index is 731. The van der Waals surface area contributed by atoms with Crippen LogP contribution in [0, 0.1) is 5.92 Å². The minimum atomic E-state index is 0.153. The Morgan fingerprint density at radius 2 is 2.16 bits per heavy atom. The molecule has 5 nitrogen and oxygen atoms in total. The van der Waals surface area contributed by atoms with Crippen LogP contribution in [0.3, 0.4) is 0 Å². The molecule has 1 aliphatic carbocycles. The van der Waals surface area contributed by atoms with Gasteiger partial charge in [-0.3, -0.25) is 9.20 Å². The van der Waals surface area contributed by atoms with Gasteiger partial charge in [0.15, 0.2) is 0 Å². The average Bonchev–Trinajstić information content (AvgIpc) is 3.36. The van der Waals surface area contributed by atoms with Gasteiger partial charge in [-0.1, -0.05) is 19.8 Å². The van der Waals surface area contributed by atoms with Gasteiger partial charge in [0.1, 0.15) is 10.5 Å². The quantitative estimate of drug-likeness (QED) is 0.827. The minimum Gasteiger partial charge on any atom is -0.355 e. The number of rotatable bonds is 6. The summed E-state index contributed by atoms with van der Waals surface area (Å²) in [6, 6.07) is 0.153. The largest absolute Gasteiger partial charge is 0.355 e. The zero-order valence-electron chi connectivity index (χ0n) is 15.0. The van der Waals surface area contributed by atoms with Crippen LogP contribution < -0.4 is 5.32 Å². The third kappa shape index (κ3) is 3.28. The lowest BCUT2D eigenvalue weighted by Crippen LogP contribution is -2.31. The lowest BCUT2D eigenvalue weighted by molar-refractivity contribution is -0.133. The van der Waals surface area contributed by atoms with Gasteiger partial charge in [-0.2, -0.15) is 0 Å². The van der Waals surface area contributed by atoms with Gasteiger partial charge in [-0.25, -0.2) is 4.98 Å². The van der Waals surface area contributed by atoms with Crippen LogP contribution in [0.5, 0.6) is 0 Å². The SMILES string of the molecule is CCCNc1nc([C@H]2CCCN2C(=O)CC2CCCC2)c2sccn12. The monoisotopic (exact) mass is 360 g/mol. The Labute approximate surface area is 153 Å². The Balaban J connectivity index is 1.56. The third-order valence-corrected chi connectivity index (χ3v) is 6.53. The molecule has 0 radical (unpaired) electrons. The van der Waals surface area contributed by atoms with Crippen LogP contribution in [0.25, 0.3) is 4.83 Å². The molecular formula is C19H28N4OS. The summed E-state index contributed by atoms with van der Waals surface area (Å²) in [5.41, 5.74) is 1.09. The molecule has 25 heavy (non-hydrogen) atoms. The number of thiazole rings is 1. The van der Waals surface area contributed by atoms with E-state index < -0.39 is 0 Å². The first-order valence-electron chi connectivity index (χ1n) is 9.76. The number of aromatic nitrogens is 2. The predicted molar refractivity (Wildman–Crippen MR) is 102 cm³/mol. The molecule has 0 spiro atoms. The summed E-state index contributed by atoms with van der Waals surface area (Å²) in [5, 5.41) is 5.53. The maximum Gasteiger partial charge on any atom is 0.223 e. The lowest BCUT2D eigenvalue weighted by Gasteiger charge is -2.25. The van der Waals surface area contributed by atoms with Gasteiger partial charge in [0.25, 0.3) is 0 Å². The number of amides is 1. The minimum absolute atomic E-state index is 0.153. The molecule has 0 aromatic carbocycles. The molecule has 2 aromatic rings. The van der Waals surface area contributed by atoms with Crippen LogP contribution in [-0.4, -0.2) is 33.3 Å². The lowest BCUT2D eigenvalue weighted by atomic mass is 10.0. The van der Waals surface area contributed by atoms with E-state index >= 15 is 0 Å². The second-order valence-corrected chi connectivity index (χ2v) is 8.32. The third-order valence-electron chi connectivity index (χ3n) is 5.64. The summed E-state index contributed by atoms with van der Waals surface area (Å²) in [7, 11) is 0. The van der Waals surface area contributed by atoms with Crippen molar-refractivity contribution in [3.8, 4) is 0 Å². The summed E-state index contributed by atoms with van der Waals surface area (Å²) < 4.78 is 2.15. The van der Waals surface area contributed by atoms with Crippen molar-refractivity contribution >= 4 is 28.0 Å². The molecule has 6 heteroatoms. The molecule has 3 heterocycles. The highest BCUT2D eigenvalue weighted by molar-refractivity contribution is 7.15. The zero-order valence-corrected chi connectivity index (χ0v) is 15.9. The molecule has 2 fully saturated rings. The van der Waals surface area contributed by atoms with E-state index in [-0.39, 0.29) is 6.04 Å². The molecule has 2 aliphatic rings. The first kappa shape index (κ1) is 16.9. The van der Waals surface area contributed by atoms with Gasteiger partial charge in [0, 0.05) is 31.1 Å². The number of likely N-dealkylation sites (tertiary alicyclic amines) is 1. The highest BCUT2D eigenvalue weighted by atomic mass is 32.1. The summed E-state index contributed by atoms with van der Waals surface area (Å²) in [6.45, 7) is 3.97. The topological polar surface area (TPSA) is 49.6 Å². The average molecular weight is 361 g/mol. The smallest absolute Gasteiger partial charge is 0.223 e. The molecule has 1 N–H and O–H groups in total. The normalized spacial score (nSPS) is 21.5. The fraction of sp³-hybridized carbons (Fsp3) is 0.684. The molecule has 1 atom stereocenters. The highest BCUT2D eigenvalue weighted by Gasteiger charge is 2.34. The molecule has 4 rings (SSSR count). The molecular weight excluding hydrogens is 332 g/mol. The van der Waals surface area contributed by atoms with Crippen molar-refractivity contribution in [2.24, 2.45) is 5.92 Å². The second kappa shape index (κ2) is 7.36. The molecule has 2 aromatic heterocycles. The summed E-state index contributed by atoms with van der Waals surface area (Å²) >= 11 is 1.72. The van der Waals surface area contributed by atoms with Crippen molar-refractivity contribution < 1.29 is 4.79 Å². The van der Waals surface area contributed by atoms with E-state index in [1.165, 1.54) is 30.5 Å². The van der Waals surface area contributed by atoms with E-state index in [4.69, 9.17) is 4.98 Å². The van der Waals surface area contributed by atoms with Crippen LogP contribution in [0.1, 0.15) is 70.0 Å². The number of anilines is 1. The summed E-state index contributed by atoms with van der Waals surface area (Å²) in [4.78, 5) is 21.1.